The molecule has 3 aromatic rings. The molecule has 1 N–H and O–H groups in total. The van der Waals surface area contributed by atoms with E-state index in [9.17, 15) is 22.0 Å². The van der Waals surface area contributed by atoms with E-state index >= 15 is 0 Å². The minimum Gasteiger partial charge on any atom is -0.495 e. The van der Waals surface area contributed by atoms with Crippen molar-refractivity contribution in [2.45, 2.75) is 18.4 Å². The zero-order valence-corrected chi connectivity index (χ0v) is 18.5. The number of methoxy groups -OCH3 is 1. The average Bonchev–Trinajstić information content (AvgIpc) is 2.76. The van der Waals surface area contributed by atoms with Crippen LogP contribution in [-0.2, 0) is 16.6 Å². The predicted molar refractivity (Wildman–Crippen MR) is 117 cm³/mol. The van der Waals surface area contributed by atoms with Crippen molar-refractivity contribution >= 4 is 21.6 Å². The molecule has 6 nitrogen and oxygen atoms in total. The number of amides is 1. The lowest BCUT2D eigenvalue weighted by atomic mass is 10.1. The van der Waals surface area contributed by atoms with Crippen molar-refractivity contribution in [1.82, 2.24) is 4.90 Å². The van der Waals surface area contributed by atoms with Crippen LogP contribution in [0, 0.1) is 18.6 Å². The molecule has 0 atom stereocenters. The van der Waals surface area contributed by atoms with Gasteiger partial charge in [-0.2, -0.15) is 0 Å². The Kier molecular flexibility index (Phi) is 6.78. The largest absolute Gasteiger partial charge is 0.495 e. The Morgan fingerprint density at radius 3 is 2.34 bits per heavy atom. The maximum atomic E-state index is 13.9. The molecule has 0 unspecified atom stereocenters. The highest BCUT2D eigenvalue weighted by molar-refractivity contribution is 7.92. The molecule has 0 saturated heterocycles. The van der Waals surface area contributed by atoms with Crippen LogP contribution < -0.4 is 9.46 Å². The molecular formula is C23H22F2N2O4S. The zero-order valence-electron chi connectivity index (χ0n) is 17.7. The van der Waals surface area contributed by atoms with Crippen molar-refractivity contribution in [1.29, 1.82) is 0 Å². The molecular weight excluding hydrogens is 438 g/mol. The topological polar surface area (TPSA) is 75.7 Å². The first kappa shape index (κ1) is 23.2. The first-order valence-corrected chi connectivity index (χ1v) is 11.1. The lowest BCUT2D eigenvalue weighted by Crippen LogP contribution is -2.27. The molecule has 9 heteroatoms. The highest BCUT2D eigenvalue weighted by Gasteiger charge is 2.23. The van der Waals surface area contributed by atoms with Crippen LogP contribution in [0.1, 0.15) is 21.5 Å². The van der Waals surface area contributed by atoms with Crippen molar-refractivity contribution in [2.24, 2.45) is 0 Å². The number of nitrogens with zero attached hydrogens (tertiary/aromatic N) is 1. The number of hydrogen-bond acceptors (Lipinski definition) is 4. The standard InChI is InChI=1S/C23H22F2N2O4S/c1-15-4-9-19(10-5-15)26-32(29,30)22-12-16(7-11-21(22)31-3)23(28)27(2)14-17-6-8-18(24)13-20(17)25/h4-13,26H,14H2,1-3H3. The first-order valence-electron chi connectivity index (χ1n) is 9.57. The molecule has 32 heavy (non-hydrogen) atoms. The van der Waals surface area contributed by atoms with E-state index in [-0.39, 0.29) is 28.3 Å². The molecule has 0 aliphatic heterocycles. The fraction of sp³-hybridized carbons (Fsp3) is 0.174. The fourth-order valence-electron chi connectivity index (χ4n) is 3.05. The average molecular weight is 461 g/mol. The Bertz CT molecular complexity index is 1250. The van der Waals surface area contributed by atoms with Crippen LogP contribution in [-0.4, -0.2) is 33.4 Å². The first-order chi connectivity index (χ1) is 15.1. The van der Waals surface area contributed by atoms with E-state index < -0.39 is 27.6 Å². The van der Waals surface area contributed by atoms with Crippen LogP contribution in [0.2, 0.25) is 0 Å². The van der Waals surface area contributed by atoms with Gasteiger partial charge in [-0.15, -0.1) is 0 Å². The molecule has 0 spiro atoms. The molecule has 0 heterocycles. The number of benzene rings is 3. The Labute approximate surface area is 185 Å². The Hall–Kier alpha value is -3.46. The third-order valence-corrected chi connectivity index (χ3v) is 6.18. The third kappa shape index (κ3) is 5.23. The third-order valence-electron chi connectivity index (χ3n) is 4.77. The van der Waals surface area contributed by atoms with Crippen LogP contribution in [0.4, 0.5) is 14.5 Å². The van der Waals surface area contributed by atoms with Crippen molar-refractivity contribution in [3.63, 3.8) is 0 Å². The second-order valence-electron chi connectivity index (χ2n) is 7.23. The quantitative estimate of drug-likeness (QED) is 0.569. The van der Waals surface area contributed by atoms with E-state index in [1.165, 1.54) is 43.3 Å². The van der Waals surface area contributed by atoms with Crippen LogP contribution in [0.3, 0.4) is 0 Å². The molecule has 0 aliphatic carbocycles. The maximum absolute atomic E-state index is 13.9. The summed E-state index contributed by atoms with van der Waals surface area (Å²) >= 11 is 0. The van der Waals surface area contributed by atoms with E-state index in [1.54, 1.807) is 24.3 Å². The summed E-state index contributed by atoms with van der Waals surface area (Å²) in [5.41, 5.74) is 1.53. The number of carbonyl (C=O) groups excluding carboxylic acids is 1. The van der Waals surface area contributed by atoms with Crippen LogP contribution in [0.15, 0.2) is 65.6 Å². The second-order valence-corrected chi connectivity index (χ2v) is 8.88. The van der Waals surface area contributed by atoms with E-state index in [2.05, 4.69) is 4.72 Å². The SMILES string of the molecule is COc1ccc(C(=O)N(C)Cc2ccc(F)cc2F)cc1S(=O)(=O)Nc1ccc(C)cc1. The number of sulfonamides is 1. The van der Waals surface area contributed by atoms with Gasteiger partial charge in [-0.05, 0) is 43.3 Å². The monoisotopic (exact) mass is 460 g/mol. The number of hydrogen-bond donors (Lipinski definition) is 1. The number of rotatable bonds is 7. The minimum atomic E-state index is -4.07. The zero-order chi connectivity index (χ0) is 23.5. The number of halogens is 2. The van der Waals surface area contributed by atoms with Crippen LogP contribution in [0.25, 0.3) is 0 Å². The fourth-order valence-corrected chi connectivity index (χ4v) is 4.30. The number of carbonyl (C=O) groups is 1. The van der Waals surface area contributed by atoms with Gasteiger partial charge in [-0.3, -0.25) is 9.52 Å². The number of ether oxygens (including phenoxy) is 1. The van der Waals surface area contributed by atoms with E-state index in [0.717, 1.165) is 17.7 Å². The Morgan fingerprint density at radius 1 is 1.03 bits per heavy atom. The van der Waals surface area contributed by atoms with Crippen molar-refractivity contribution in [3.8, 4) is 5.75 Å². The molecule has 1 amide bonds. The minimum absolute atomic E-state index is 0.0633. The summed E-state index contributed by atoms with van der Waals surface area (Å²) in [6, 6.07) is 13.9. The van der Waals surface area contributed by atoms with Gasteiger partial charge < -0.3 is 9.64 Å². The lowest BCUT2D eigenvalue weighted by Gasteiger charge is -2.19. The van der Waals surface area contributed by atoms with Crippen LogP contribution in [0.5, 0.6) is 5.75 Å². The van der Waals surface area contributed by atoms with Gasteiger partial charge in [0.15, 0.2) is 0 Å². The molecule has 0 aromatic heterocycles. The summed E-state index contributed by atoms with van der Waals surface area (Å²) in [5, 5.41) is 0. The van der Waals surface area contributed by atoms with Crippen molar-refractivity contribution in [2.75, 3.05) is 18.9 Å². The normalized spacial score (nSPS) is 11.2. The number of anilines is 1. The summed E-state index contributed by atoms with van der Waals surface area (Å²) in [6.07, 6.45) is 0. The maximum Gasteiger partial charge on any atom is 0.265 e. The van der Waals surface area contributed by atoms with E-state index in [4.69, 9.17) is 4.74 Å². The van der Waals surface area contributed by atoms with Gasteiger partial charge in [-0.1, -0.05) is 23.8 Å². The molecule has 0 saturated carbocycles. The van der Waals surface area contributed by atoms with Gasteiger partial charge >= 0.3 is 0 Å². The highest BCUT2D eigenvalue weighted by Crippen LogP contribution is 2.28. The number of nitrogens with one attached hydrogen (secondary N) is 1. The van der Waals surface area contributed by atoms with Gasteiger partial charge in [0.25, 0.3) is 15.9 Å². The summed E-state index contributed by atoms with van der Waals surface area (Å²) < 4.78 is 60.7. The van der Waals surface area contributed by atoms with Gasteiger partial charge in [0.1, 0.15) is 22.3 Å². The van der Waals surface area contributed by atoms with Gasteiger partial charge in [0.05, 0.1) is 7.11 Å². The lowest BCUT2D eigenvalue weighted by molar-refractivity contribution is 0.0783. The summed E-state index contributed by atoms with van der Waals surface area (Å²) in [7, 11) is -1.31. The molecule has 3 rings (SSSR count). The molecule has 0 radical (unpaired) electrons. The molecule has 0 fully saturated rings. The van der Waals surface area contributed by atoms with Crippen LogP contribution >= 0.6 is 0 Å². The predicted octanol–water partition coefficient (Wildman–Crippen LogP) is 4.35. The smallest absolute Gasteiger partial charge is 0.265 e. The van der Waals surface area contributed by atoms with Gasteiger partial charge in [-0.25, -0.2) is 17.2 Å². The molecule has 0 aliphatic rings. The Morgan fingerprint density at radius 2 is 1.72 bits per heavy atom. The summed E-state index contributed by atoms with van der Waals surface area (Å²) in [4.78, 5) is 13.9. The van der Waals surface area contributed by atoms with Crippen molar-refractivity contribution < 1.29 is 26.7 Å². The van der Waals surface area contributed by atoms with E-state index in [1.807, 2.05) is 6.92 Å². The molecule has 0 bridgehead atoms. The van der Waals surface area contributed by atoms with Gasteiger partial charge in [0, 0.05) is 36.5 Å². The highest BCUT2D eigenvalue weighted by atomic mass is 32.2. The van der Waals surface area contributed by atoms with Gasteiger partial charge in [0.2, 0.25) is 0 Å². The number of aryl methyl sites for hydroxylation is 1. The summed E-state index contributed by atoms with van der Waals surface area (Å²) in [6.45, 7) is 1.76. The molecule has 168 valence electrons. The Balaban J connectivity index is 1.89. The van der Waals surface area contributed by atoms with Crippen molar-refractivity contribution in [3.05, 3.63) is 89.0 Å². The van der Waals surface area contributed by atoms with E-state index in [0.29, 0.717) is 5.69 Å². The second kappa shape index (κ2) is 9.35. The summed E-state index contributed by atoms with van der Waals surface area (Å²) in [5.74, 6) is -1.96. The molecule has 3 aromatic carbocycles.